The van der Waals surface area contributed by atoms with Crippen LogP contribution < -0.4 is 16.6 Å². The third-order valence-electron chi connectivity index (χ3n) is 4.89. The molecule has 0 radical (unpaired) electrons. The van der Waals surface area contributed by atoms with Gasteiger partial charge in [-0.2, -0.15) is 4.98 Å². The molecular weight excluding hydrogens is 391 g/mol. The largest absolute Gasteiger partial charge is 0.351 e. The second-order valence-corrected chi connectivity index (χ2v) is 7.24. The summed E-state index contributed by atoms with van der Waals surface area (Å²) in [7, 11) is 0. The third-order valence-corrected chi connectivity index (χ3v) is 4.89. The lowest BCUT2D eigenvalue weighted by atomic mass is 10.00. The molecule has 0 fully saturated rings. The first-order valence-corrected chi connectivity index (χ1v) is 9.99. The molecule has 0 amide bonds. The topological polar surface area (TPSA) is 88.8 Å². The van der Waals surface area contributed by atoms with Crippen molar-refractivity contribution in [2.24, 2.45) is 5.84 Å². The Kier molecular flexibility index (Phi) is 6.14. The third kappa shape index (κ3) is 4.84. The van der Waals surface area contributed by atoms with Gasteiger partial charge < -0.3 is 10.7 Å². The van der Waals surface area contributed by atoms with Crippen molar-refractivity contribution in [1.29, 1.82) is 0 Å². The maximum absolute atomic E-state index is 13.5. The number of benzene rings is 2. The fraction of sp³-hybridized carbons (Fsp3) is 0.125. The first-order valence-electron chi connectivity index (χ1n) is 9.99. The lowest BCUT2D eigenvalue weighted by Gasteiger charge is -2.19. The average Bonchev–Trinajstić information content (AvgIpc) is 2.80. The van der Waals surface area contributed by atoms with Gasteiger partial charge in [0, 0.05) is 24.0 Å². The number of hydrazine groups is 1. The van der Waals surface area contributed by atoms with E-state index in [4.69, 9.17) is 10.8 Å². The Bertz CT molecular complexity index is 1130. The Hall–Kier alpha value is -3.84. The van der Waals surface area contributed by atoms with Crippen LogP contribution >= 0.6 is 0 Å². The number of aromatic nitrogens is 3. The number of nitrogens with two attached hydrogens (primary N) is 1. The van der Waals surface area contributed by atoms with E-state index in [2.05, 4.69) is 39.8 Å². The highest BCUT2D eigenvalue weighted by Gasteiger charge is 2.18. The number of halogens is 1. The van der Waals surface area contributed by atoms with Gasteiger partial charge in [0.1, 0.15) is 5.82 Å². The highest BCUT2D eigenvalue weighted by Crippen LogP contribution is 2.36. The van der Waals surface area contributed by atoms with E-state index >= 15 is 0 Å². The Morgan fingerprint density at radius 1 is 0.903 bits per heavy atom. The SMILES string of the molecule is CC(Cc1ccccc1)Nc1nc(NN)c(-c2ccc(F)cc2)c(-c2ccncc2)n1. The van der Waals surface area contributed by atoms with Gasteiger partial charge in [-0.15, -0.1) is 0 Å². The predicted octanol–water partition coefficient (Wildman–Crippen LogP) is 4.67. The summed E-state index contributed by atoms with van der Waals surface area (Å²) in [6.07, 6.45) is 4.22. The Morgan fingerprint density at radius 2 is 1.61 bits per heavy atom. The zero-order valence-electron chi connectivity index (χ0n) is 17.1. The van der Waals surface area contributed by atoms with Gasteiger partial charge in [-0.3, -0.25) is 4.98 Å². The molecular formula is C24H23FN6. The van der Waals surface area contributed by atoms with Crippen molar-refractivity contribution in [3.05, 3.63) is 90.5 Å². The van der Waals surface area contributed by atoms with Crippen LogP contribution in [0.1, 0.15) is 12.5 Å². The van der Waals surface area contributed by atoms with Gasteiger partial charge in [-0.1, -0.05) is 42.5 Å². The van der Waals surface area contributed by atoms with Crippen molar-refractivity contribution in [3.8, 4) is 22.4 Å². The van der Waals surface area contributed by atoms with Crippen LogP contribution in [0.25, 0.3) is 22.4 Å². The molecule has 156 valence electrons. The molecule has 0 saturated heterocycles. The molecule has 4 aromatic rings. The molecule has 6 nitrogen and oxygen atoms in total. The number of anilines is 2. The Labute approximate surface area is 180 Å². The van der Waals surface area contributed by atoms with Gasteiger partial charge in [-0.25, -0.2) is 15.2 Å². The lowest BCUT2D eigenvalue weighted by Crippen LogP contribution is -2.21. The summed E-state index contributed by atoms with van der Waals surface area (Å²) in [6.45, 7) is 2.08. The monoisotopic (exact) mass is 414 g/mol. The summed E-state index contributed by atoms with van der Waals surface area (Å²) in [4.78, 5) is 13.5. The van der Waals surface area contributed by atoms with Gasteiger partial charge in [0.2, 0.25) is 5.95 Å². The number of hydrogen-bond donors (Lipinski definition) is 3. The van der Waals surface area contributed by atoms with E-state index in [1.807, 2.05) is 30.3 Å². The summed E-state index contributed by atoms with van der Waals surface area (Å²) in [5.74, 6) is 6.42. The highest BCUT2D eigenvalue weighted by atomic mass is 19.1. The van der Waals surface area contributed by atoms with E-state index in [0.29, 0.717) is 23.0 Å². The summed E-state index contributed by atoms with van der Waals surface area (Å²) >= 11 is 0. The number of pyridine rings is 1. The molecule has 2 aromatic heterocycles. The summed E-state index contributed by atoms with van der Waals surface area (Å²) in [6, 6.07) is 20.2. The maximum Gasteiger partial charge on any atom is 0.225 e. The van der Waals surface area contributed by atoms with Crippen molar-refractivity contribution in [3.63, 3.8) is 0 Å². The van der Waals surface area contributed by atoms with E-state index in [1.54, 1.807) is 24.5 Å². The predicted molar refractivity (Wildman–Crippen MR) is 122 cm³/mol. The van der Waals surface area contributed by atoms with E-state index in [0.717, 1.165) is 17.5 Å². The van der Waals surface area contributed by atoms with E-state index in [1.165, 1.54) is 17.7 Å². The van der Waals surface area contributed by atoms with Crippen LogP contribution in [-0.2, 0) is 6.42 Å². The Morgan fingerprint density at radius 3 is 2.29 bits per heavy atom. The van der Waals surface area contributed by atoms with Crippen LogP contribution in [0.3, 0.4) is 0 Å². The molecule has 4 N–H and O–H groups in total. The molecule has 2 aromatic carbocycles. The number of rotatable bonds is 7. The molecule has 0 aliphatic heterocycles. The van der Waals surface area contributed by atoms with Crippen LogP contribution in [0.2, 0.25) is 0 Å². The first-order chi connectivity index (χ1) is 15.1. The van der Waals surface area contributed by atoms with Gasteiger partial charge in [-0.05, 0) is 48.7 Å². The second-order valence-electron chi connectivity index (χ2n) is 7.24. The normalized spacial score (nSPS) is 11.7. The molecule has 1 unspecified atom stereocenters. The molecule has 7 heteroatoms. The molecule has 4 rings (SSSR count). The van der Waals surface area contributed by atoms with Crippen molar-refractivity contribution in [2.45, 2.75) is 19.4 Å². The van der Waals surface area contributed by atoms with Crippen molar-refractivity contribution < 1.29 is 4.39 Å². The van der Waals surface area contributed by atoms with E-state index in [9.17, 15) is 4.39 Å². The van der Waals surface area contributed by atoms with Crippen molar-refractivity contribution in [2.75, 3.05) is 10.7 Å². The minimum atomic E-state index is -0.314. The number of nitrogens with one attached hydrogen (secondary N) is 2. The minimum absolute atomic E-state index is 0.0926. The molecule has 2 heterocycles. The van der Waals surface area contributed by atoms with Gasteiger partial charge in [0.25, 0.3) is 0 Å². The number of nitrogens with zero attached hydrogens (tertiary/aromatic N) is 3. The lowest BCUT2D eigenvalue weighted by molar-refractivity contribution is 0.628. The maximum atomic E-state index is 13.5. The van der Waals surface area contributed by atoms with Crippen LogP contribution in [0.5, 0.6) is 0 Å². The molecule has 0 aliphatic carbocycles. The quantitative estimate of drug-likeness (QED) is 0.301. The van der Waals surface area contributed by atoms with Gasteiger partial charge in [0.05, 0.1) is 11.3 Å². The van der Waals surface area contributed by atoms with Gasteiger partial charge >= 0.3 is 0 Å². The summed E-state index contributed by atoms with van der Waals surface area (Å²) in [5.41, 5.74) is 6.87. The zero-order valence-corrected chi connectivity index (χ0v) is 17.1. The number of nitrogen functional groups attached to an aromatic ring is 1. The average molecular weight is 414 g/mol. The van der Waals surface area contributed by atoms with Crippen LogP contribution in [0.4, 0.5) is 16.2 Å². The summed E-state index contributed by atoms with van der Waals surface area (Å²) < 4.78 is 13.5. The fourth-order valence-corrected chi connectivity index (χ4v) is 3.48. The van der Waals surface area contributed by atoms with Crippen molar-refractivity contribution >= 4 is 11.8 Å². The minimum Gasteiger partial charge on any atom is -0.351 e. The highest BCUT2D eigenvalue weighted by molar-refractivity contribution is 5.88. The first kappa shape index (κ1) is 20.4. The van der Waals surface area contributed by atoms with Crippen LogP contribution in [0.15, 0.2) is 79.1 Å². The number of hydrogen-bond acceptors (Lipinski definition) is 6. The van der Waals surface area contributed by atoms with E-state index in [-0.39, 0.29) is 11.9 Å². The van der Waals surface area contributed by atoms with Crippen LogP contribution in [-0.4, -0.2) is 21.0 Å². The fourth-order valence-electron chi connectivity index (χ4n) is 3.48. The molecule has 0 bridgehead atoms. The molecule has 0 saturated carbocycles. The smallest absolute Gasteiger partial charge is 0.225 e. The van der Waals surface area contributed by atoms with Crippen molar-refractivity contribution in [1.82, 2.24) is 15.0 Å². The standard InChI is InChI=1S/C24H23FN6/c1-16(15-17-5-3-2-4-6-17)28-24-29-22(19-11-13-27-14-12-19)21(23(30-24)31-26)18-7-9-20(25)10-8-18/h2-14,16H,15,26H2,1H3,(H2,28,29,30,31). The molecule has 1 atom stereocenters. The van der Waals surface area contributed by atoms with E-state index < -0.39 is 0 Å². The molecule has 31 heavy (non-hydrogen) atoms. The second kappa shape index (κ2) is 9.32. The van der Waals surface area contributed by atoms with Crippen LogP contribution in [0, 0.1) is 5.82 Å². The molecule has 0 spiro atoms. The molecule has 0 aliphatic rings. The Balaban J connectivity index is 1.75. The van der Waals surface area contributed by atoms with Gasteiger partial charge in [0.15, 0.2) is 5.82 Å². The zero-order chi connectivity index (χ0) is 21.6. The summed E-state index contributed by atoms with van der Waals surface area (Å²) in [5, 5.41) is 3.37.